The largest absolute Gasteiger partial charge is 0.462 e. The Balaban J connectivity index is 2.16. The van der Waals surface area contributed by atoms with Gasteiger partial charge in [0.1, 0.15) is 0 Å². The van der Waals surface area contributed by atoms with Crippen LogP contribution in [0, 0.1) is 5.92 Å². The lowest BCUT2D eigenvalue weighted by molar-refractivity contribution is 0.0527. The molecule has 1 aromatic rings. The van der Waals surface area contributed by atoms with Crippen LogP contribution < -0.4 is 10.6 Å². The highest BCUT2D eigenvalue weighted by atomic mass is 16.5. The highest BCUT2D eigenvalue weighted by Crippen LogP contribution is 2.27. The average molecular weight is 292 g/mol. The van der Waals surface area contributed by atoms with E-state index in [-0.39, 0.29) is 12.6 Å². The molecule has 21 heavy (non-hydrogen) atoms. The van der Waals surface area contributed by atoms with Gasteiger partial charge in [-0.15, -0.1) is 0 Å². The van der Waals surface area contributed by atoms with E-state index in [9.17, 15) is 4.79 Å². The molecule has 0 aromatic heterocycles. The third-order valence-corrected chi connectivity index (χ3v) is 3.95. The second-order valence-corrected chi connectivity index (χ2v) is 5.46. The number of carbonyl (C=O) groups is 1. The smallest absolute Gasteiger partial charge is 0.340 e. The van der Waals surface area contributed by atoms with E-state index in [1.54, 1.807) is 13.0 Å². The first kappa shape index (κ1) is 15.6. The van der Waals surface area contributed by atoms with E-state index < -0.39 is 0 Å². The zero-order valence-corrected chi connectivity index (χ0v) is 12.5. The van der Waals surface area contributed by atoms with Crippen molar-refractivity contribution in [1.82, 2.24) is 0 Å². The third-order valence-electron chi connectivity index (χ3n) is 3.95. The first-order valence-corrected chi connectivity index (χ1v) is 7.58. The van der Waals surface area contributed by atoms with Gasteiger partial charge in [-0.25, -0.2) is 4.79 Å². The summed E-state index contributed by atoms with van der Waals surface area (Å²) in [5, 5.41) is 9.09. The SMILES string of the molecule is CCOC(=O)c1cc(N2CCCC(CCO)C2)ccc1N. The quantitative estimate of drug-likeness (QED) is 0.641. The fraction of sp³-hybridized carbons (Fsp3) is 0.562. The van der Waals surface area contributed by atoms with Crippen LogP contribution in [0.3, 0.4) is 0 Å². The topological polar surface area (TPSA) is 75.8 Å². The molecule has 0 aliphatic carbocycles. The summed E-state index contributed by atoms with van der Waals surface area (Å²) in [5.74, 6) is 0.133. The number of hydrogen-bond donors (Lipinski definition) is 2. The minimum Gasteiger partial charge on any atom is -0.462 e. The van der Waals surface area contributed by atoms with Gasteiger partial charge in [-0.1, -0.05) is 0 Å². The lowest BCUT2D eigenvalue weighted by Crippen LogP contribution is -2.35. The molecule has 1 aliphatic heterocycles. The highest BCUT2D eigenvalue weighted by molar-refractivity contribution is 5.96. The van der Waals surface area contributed by atoms with Gasteiger partial charge in [0, 0.05) is 31.1 Å². The normalized spacial score (nSPS) is 18.6. The molecular formula is C16H24N2O3. The van der Waals surface area contributed by atoms with Crippen LogP contribution in [-0.4, -0.2) is 37.4 Å². The Morgan fingerprint density at radius 2 is 2.33 bits per heavy atom. The van der Waals surface area contributed by atoms with Gasteiger partial charge in [0.15, 0.2) is 0 Å². The fourth-order valence-corrected chi connectivity index (χ4v) is 2.84. The summed E-state index contributed by atoms with van der Waals surface area (Å²) < 4.78 is 5.04. The molecule has 0 radical (unpaired) electrons. The molecule has 1 saturated heterocycles. The van der Waals surface area contributed by atoms with Crippen LogP contribution in [0.4, 0.5) is 11.4 Å². The van der Waals surface area contributed by atoms with Crippen molar-refractivity contribution in [3.63, 3.8) is 0 Å². The monoisotopic (exact) mass is 292 g/mol. The molecule has 116 valence electrons. The van der Waals surface area contributed by atoms with Gasteiger partial charge in [0.25, 0.3) is 0 Å². The second-order valence-electron chi connectivity index (χ2n) is 5.46. The second kappa shape index (κ2) is 7.31. The van der Waals surface area contributed by atoms with E-state index in [4.69, 9.17) is 15.6 Å². The number of piperidine rings is 1. The van der Waals surface area contributed by atoms with Crippen LogP contribution >= 0.6 is 0 Å². The number of ether oxygens (including phenoxy) is 1. The van der Waals surface area contributed by atoms with E-state index in [1.165, 1.54) is 0 Å². The molecule has 0 amide bonds. The van der Waals surface area contributed by atoms with Gasteiger partial charge in [-0.3, -0.25) is 0 Å². The molecule has 2 rings (SSSR count). The molecule has 1 aromatic carbocycles. The van der Waals surface area contributed by atoms with Gasteiger partial charge in [0.05, 0.1) is 12.2 Å². The van der Waals surface area contributed by atoms with E-state index in [1.807, 2.05) is 12.1 Å². The molecule has 0 saturated carbocycles. The van der Waals surface area contributed by atoms with E-state index in [2.05, 4.69) is 4.90 Å². The Kier molecular flexibility index (Phi) is 5.44. The molecule has 1 heterocycles. The number of nitrogen functional groups attached to an aromatic ring is 1. The van der Waals surface area contributed by atoms with Crippen molar-refractivity contribution in [2.45, 2.75) is 26.2 Å². The maximum absolute atomic E-state index is 11.9. The molecule has 1 unspecified atom stereocenters. The lowest BCUT2D eigenvalue weighted by atomic mass is 9.94. The Bertz CT molecular complexity index is 488. The summed E-state index contributed by atoms with van der Waals surface area (Å²) >= 11 is 0. The van der Waals surface area contributed by atoms with Gasteiger partial charge in [-0.2, -0.15) is 0 Å². The van der Waals surface area contributed by atoms with E-state index >= 15 is 0 Å². The zero-order valence-electron chi connectivity index (χ0n) is 12.5. The van der Waals surface area contributed by atoms with Gasteiger partial charge in [0.2, 0.25) is 0 Å². The summed E-state index contributed by atoms with van der Waals surface area (Å²) in [5.41, 5.74) is 7.74. The predicted octanol–water partition coefficient (Wildman–Crippen LogP) is 2.04. The molecule has 1 aliphatic rings. The summed E-state index contributed by atoms with van der Waals surface area (Å²) in [6.07, 6.45) is 3.08. The standard InChI is InChI=1S/C16H24N2O3/c1-2-21-16(20)14-10-13(5-6-15(14)17)18-8-3-4-12(11-18)7-9-19/h5-6,10,12,19H,2-4,7-9,11,17H2,1H3. The van der Waals surface area contributed by atoms with Gasteiger partial charge < -0.3 is 20.5 Å². The molecular weight excluding hydrogens is 268 g/mol. The number of carbonyl (C=O) groups excluding carboxylic acids is 1. The number of esters is 1. The number of nitrogens with zero attached hydrogens (tertiary/aromatic N) is 1. The Labute approximate surface area is 125 Å². The fourth-order valence-electron chi connectivity index (χ4n) is 2.84. The maximum Gasteiger partial charge on any atom is 0.340 e. The average Bonchev–Trinajstić information content (AvgIpc) is 2.48. The Hall–Kier alpha value is -1.75. The van der Waals surface area contributed by atoms with Crippen molar-refractivity contribution < 1.29 is 14.6 Å². The Morgan fingerprint density at radius 3 is 3.05 bits per heavy atom. The van der Waals surface area contributed by atoms with Crippen LogP contribution in [0.2, 0.25) is 0 Å². The number of aliphatic hydroxyl groups excluding tert-OH is 1. The summed E-state index contributed by atoms with van der Waals surface area (Å²) in [7, 11) is 0. The van der Waals surface area contributed by atoms with Crippen molar-refractivity contribution in [2.24, 2.45) is 5.92 Å². The van der Waals surface area contributed by atoms with E-state index in [0.717, 1.165) is 38.0 Å². The van der Waals surface area contributed by atoms with Crippen LogP contribution in [-0.2, 0) is 4.74 Å². The zero-order chi connectivity index (χ0) is 15.2. The molecule has 5 nitrogen and oxygen atoms in total. The number of aliphatic hydroxyl groups is 1. The van der Waals surface area contributed by atoms with Crippen molar-refractivity contribution in [2.75, 3.05) is 36.9 Å². The van der Waals surface area contributed by atoms with E-state index in [0.29, 0.717) is 23.8 Å². The van der Waals surface area contributed by atoms with Crippen molar-refractivity contribution in [3.05, 3.63) is 23.8 Å². The molecule has 3 N–H and O–H groups in total. The third kappa shape index (κ3) is 3.88. The van der Waals surface area contributed by atoms with Crippen LogP contribution in [0.5, 0.6) is 0 Å². The van der Waals surface area contributed by atoms with Crippen LogP contribution in [0.25, 0.3) is 0 Å². The lowest BCUT2D eigenvalue weighted by Gasteiger charge is -2.34. The maximum atomic E-state index is 11.9. The van der Waals surface area contributed by atoms with Crippen molar-refractivity contribution in [1.29, 1.82) is 0 Å². The number of nitrogens with two attached hydrogens (primary N) is 1. The molecule has 0 bridgehead atoms. The minimum atomic E-state index is -0.374. The van der Waals surface area contributed by atoms with Crippen LogP contribution in [0.15, 0.2) is 18.2 Å². The Morgan fingerprint density at radius 1 is 1.52 bits per heavy atom. The van der Waals surface area contributed by atoms with Crippen molar-refractivity contribution >= 4 is 17.3 Å². The van der Waals surface area contributed by atoms with Gasteiger partial charge >= 0.3 is 5.97 Å². The number of benzene rings is 1. The highest BCUT2D eigenvalue weighted by Gasteiger charge is 2.21. The summed E-state index contributed by atoms with van der Waals surface area (Å²) in [6.45, 7) is 4.22. The minimum absolute atomic E-state index is 0.230. The first-order valence-electron chi connectivity index (χ1n) is 7.58. The number of hydrogen-bond acceptors (Lipinski definition) is 5. The van der Waals surface area contributed by atoms with Crippen LogP contribution in [0.1, 0.15) is 36.5 Å². The predicted molar refractivity (Wildman–Crippen MR) is 83.5 cm³/mol. The summed E-state index contributed by atoms with van der Waals surface area (Å²) in [6, 6.07) is 5.52. The summed E-state index contributed by atoms with van der Waals surface area (Å²) in [4.78, 5) is 14.2. The molecule has 1 fully saturated rings. The molecule has 1 atom stereocenters. The number of rotatable bonds is 5. The van der Waals surface area contributed by atoms with Crippen molar-refractivity contribution in [3.8, 4) is 0 Å². The first-order chi connectivity index (χ1) is 10.2. The van der Waals surface area contributed by atoms with Gasteiger partial charge in [-0.05, 0) is 50.3 Å². The number of anilines is 2. The molecule has 0 spiro atoms. The molecule has 5 heteroatoms.